The lowest BCUT2D eigenvalue weighted by Gasteiger charge is -2.36. The Morgan fingerprint density at radius 3 is 2.58 bits per heavy atom. The summed E-state index contributed by atoms with van der Waals surface area (Å²) in [6.07, 6.45) is 4.26. The van der Waals surface area contributed by atoms with Gasteiger partial charge in [-0.15, -0.1) is 0 Å². The van der Waals surface area contributed by atoms with E-state index in [1.165, 1.54) is 0 Å². The number of anilines is 1. The number of rotatable bonds is 7. The van der Waals surface area contributed by atoms with E-state index in [0.717, 1.165) is 67.4 Å². The van der Waals surface area contributed by atoms with Gasteiger partial charge in [0.05, 0.1) is 19.1 Å². The van der Waals surface area contributed by atoms with Crippen LogP contribution < -0.4 is 4.90 Å². The number of carbonyl (C=O) groups excluding carboxylic acids is 2. The molecule has 7 heteroatoms. The molecule has 1 aromatic carbocycles. The first-order valence-corrected chi connectivity index (χ1v) is 12.2. The average Bonchev–Trinajstić information content (AvgIpc) is 2.82. The van der Waals surface area contributed by atoms with Gasteiger partial charge >= 0.3 is 0 Å². The second-order valence-electron chi connectivity index (χ2n) is 8.98. The third kappa shape index (κ3) is 5.08. The number of hydrogen-bond acceptors (Lipinski definition) is 5. The quantitative estimate of drug-likeness (QED) is 0.645. The minimum absolute atomic E-state index is 0.00198. The summed E-state index contributed by atoms with van der Waals surface area (Å²) in [5.41, 5.74) is 3.10. The Morgan fingerprint density at radius 2 is 1.85 bits per heavy atom. The Kier molecular flexibility index (Phi) is 7.38. The van der Waals surface area contributed by atoms with Crippen LogP contribution in [0.15, 0.2) is 30.3 Å². The van der Waals surface area contributed by atoms with E-state index in [4.69, 9.17) is 9.97 Å². The van der Waals surface area contributed by atoms with Gasteiger partial charge in [0.1, 0.15) is 11.6 Å². The number of carbonyl (C=O) groups is 2. The molecule has 0 N–H and O–H groups in total. The minimum atomic E-state index is -0.00198. The van der Waals surface area contributed by atoms with Crippen LogP contribution in [-0.4, -0.2) is 57.8 Å². The van der Waals surface area contributed by atoms with E-state index >= 15 is 0 Å². The van der Waals surface area contributed by atoms with E-state index in [1.807, 2.05) is 60.9 Å². The van der Waals surface area contributed by atoms with E-state index in [2.05, 4.69) is 4.90 Å². The van der Waals surface area contributed by atoms with Crippen molar-refractivity contribution in [2.75, 3.05) is 31.1 Å². The number of hydrogen-bond donors (Lipinski definition) is 0. The van der Waals surface area contributed by atoms with E-state index in [9.17, 15) is 9.59 Å². The fraction of sp³-hybridized carbons (Fsp3) is 0.538. The number of fused-ring (bicyclic) bond motifs is 1. The molecule has 4 rings (SSSR count). The molecule has 0 aliphatic carbocycles. The third-order valence-corrected chi connectivity index (χ3v) is 6.90. The SMILES string of the molecule is CCN(CC)C(=O)CN1CCCCC1c1nc(C)c2c(n1)N(Cc1ccccc1)C(=O)CC2. The van der Waals surface area contributed by atoms with Crippen LogP contribution in [0.5, 0.6) is 0 Å². The fourth-order valence-corrected chi connectivity index (χ4v) is 5.00. The molecule has 176 valence electrons. The number of amides is 2. The van der Waals surface area contributed by atoms with Crippen molar-refractivity contribution >= 4 is 17.6 Å². The number of aromatic nitrogens is 2. The van der Waals surface area contributed by atoms with Crippen LogP contribution in [0, 0.1) is 6.92 Å². The standard InChI is InChI=1S/C26H35N5O2/c1-4-29(5-2)24(33)18-30-16-10-9-13-22(30)25-27-19(3)21-14-15-23(32)31(26(21)28-25)17-20-11-7-6-8-12-20/h6-8,11-12,22H,4-5,9-10,13-18H2,1-3H3. The maximum atomic E-state index is 12.9. The fourth-order valence-electron chi connectivity index (χ4n) is 5.00. The van der Waals surface area contributed by atoms with Crippen LogP contribution in [0.25, 0.3) is 0 Å². The van der Waals surface area contributed by atoms with Crippen molar-refractivity contribution in [3.8, 4) is 0 Å². The zero-order valence-electron chi connectivity index (χ0n) is 20.1. The highest BCUT2D eigenvalue weighted by Crippen LogP contribution is 2.34. The summed E-state index contributed by atoms with van der Waals surface area (Å²) in [5.74, 6) is 1.75. The van der Waals surface area contributed by atoms with Gasteiger partial charge in [0.25, 0.3) is 0 Å². The van der Waals surface area contributed by atoms with Crippen molar-refractivity contribution in [1.82, 2.24) is 19.8 Å². The average molecular weight is 450 g/mol. The van der Waals surface area contributed by atoms with Gasteiger partial charge < -0.3 is 4.90 Å². The van der Waals surface area contributed by atoms with Gasteiger partial charge in [0.2, 0.25) is 11.8 Å². The number of likely N-dealkylation sites (N-methyl/N-ethyl adjacent to an activating group) is 1. The molecule has 2 aromatic rings. The topological polar surface area (TPSA) is 69.6 Å². The normalized spacial score (nSPS) is 18.8. The molecule has 1 atom stereocenters. The molecule has 1 saturated heterocycles. The smallest absolute Gasteiger partial charge is 0.236 e. The highest BCUT2D eigenvalue weighted by atomic mass is 16.2. The Morgan fingerprint density at radius 1 is 1.09 bits per heavy atom. The Hall–Kier alpha value is -2.80. The third-order valence-electron chi connectivity index (χ3n) is 6.90. The van der Waals surface area contributed by atoms with Crippen molar-refractivity contribution in [2.45, 2.75) is 65.5 Å². The summed E-state index contributed by atoms with van der Waals surface area (Å²) < 4.78 is 0. The largest absolute Gasteiger partial charge is 0.342 e. The molecule has 7 nitrogen and oxygen atoms in total. The summed E-state index contributed by atoms with van der Waals surface area (Å²) in [5, 5.41) is 0. The molecule has 1 aromatic heterocycles. The summed E-state index contributed by atoms with van der Waals surface area (Å²) in [6, 6.07) is 10.0. The van der Waals surface area contributed by atoms with Gasteiger partial charge in [-0.2, -0.15) is 0 Å². The molecule has 1 unspecified atom stereocenters. The van der Waals surface area contributed by atoms with E-state index in [-0.39, 0.29) is 17.9 Å². The molecular weight excluding hydrogens is 414 g/mol. The summed E-state index contributed by atoms with van der Waals surface area (Å²) in [4.78, 5) is 41.6. The first-order valence-electron chi connectivity index (χ1n) is 12.2. The number of benzene rings is 1. The molecule has 0 saturated carbocycles. The van der Waals surface area contributed by atoms with Crippen molar-refractivity contribution in [3.63, 3.8) is 0 Å². The van der Waals surface area contributed by atoms with Crippen molar-refractivity contribution in [3.05, 3.63) is 53.0 Å². The molecule has 0 radical (unpaired) electrons. The molecule has 2 aliphatic heterocycles. The molecular formula is C26H35N5O2. The molecule has 33 heavy (non-hydrogen) atoms. The van der Waals surface area contributed by atoms with Gasteiger partial charge in [0.15, 0.2) is 0 Å². The lowest BCUT2D eigenvalue weighted by atomic mass is 9.99. The number of piperidine rings is 1. The minimum Gasteiger partial charge on any atom is -0.342 e. The molecule has 2 amide bonds. The van der Waals surface area contributed by atoms with Gasteiger partial charge in [-0.3, -0.25) is 19.4 Å². The molecule has 0 spiro atoms. The highest BCUT2D eigenvalue weighted by Gasteiger charge is 2.33. The van der Waals surface area contributed by atoms with Crippen LogP contribution in [0.3, 0.4) is 0 Å². The molecule has 0 bridgehead atoms. The van der Waals surface area contributed by atoms with Gasteiger partial charge in [-0.25, -0.2) is 9.97 Å². The number of aryl methyl sites for hydroxylation is 1. The Balaban J connectivity index is 1.64. The van der Waals surface area contributed by atoms with Crippen molar-refractivity contribution in [2.24, 2.45) is 0 Å². The first-order chi connectivity index (χ1) is 16.0. The molecule has 3 heterocycles. The number of likely N-dealkylation sites (tertiary alicyclic amines) is 1. The van der Waals surface area contributed by atoms with E-state index in [1.54, 1.807) is 0 Å². The van der Waals surface area contributed by atoms with Gasteiger partial charge in [-0.1, -0.05) is 36.8 Å². The summed E-state index contributed by atoms with van der Waals surface area (Å²) in [6.45, 7) is 9.26. The van der Waals surface area contributed by atoms with Crippen molar-refractivity contribution < 1.29 is 9.59 Å². The summed E-state index contributed by atoms with van der Waals surface area (Å²) >= 11 is 0. The van der Waals surface area contributed by atoms with Gasteiger partial charge in [0, 0.05) is 30.8 Å². The van der Waals surface area contributed by atoms with Crippen LogP contribution in [0.2, 0.25) is 0 Å². The highest BCUT2D eigenvalue weighted by molar-refractivity contribution is 5.95. The second-order valence-corrected chi connectivity index (χ2v) is 8.98. The van der Waals surface area contributed by atoms with Crippen LogP contribution >= 0.6 is 0 Å². The van der Waals surface area contributed by atoms with Crippen molar-refractivity contribution in [1.29, 1.82) is 0 Å². The Labute approximate surface area is 196 Å². The van der Waals surface area contributed by atoms with Crippen LogP contribution in [-0.2, 0) is 22.6 Å². The summed E-state index contributed by atoms with van der Waals surface area (Å²) in [7, 11) is 0. The van der Waals surface area contributed by atoms with E-state index < -0.39 is 0 Å². The maximum Gasteiger partial charge on any atom is 0.236 e. The predicted molar refractivity (Wildman–Crippen MR) is 129 cm³/mol. The second kappa shape index (κ2) is 10.4. The predicted octanol–water partition coefficient (Wildman–Crippen LogP) is 3.66. The lowest BCUT2D eigenvalue weighted by Crippen LogP contribution is -2.44. The van der Waals surface area contributed by atoms with Gasteiger partial charge in [-0.05, 0) is 52.1 Å². The Bertz CT molecular complexity index is 990. The van der Waals surface area contributed by atoms with Crippen LogP contribution in [0.1, 0.15) is 68.2 Å². The van der Waals surface area contributed by atoms with E-state index in [0.29, 0.717) is 25.9 Å². The maximum absolute atomic E-state index is 12.9. The zero-order valence-corrected chi connectivity index (χ0v) is 20.1. The zero-order chi connectivity index (χ0) is 23.4. The number of nitrogens with zero attached hydrogens (tertiary/aromatic N) is 5. The van der Waals surface area contributed by atoms with Crippen LogP contribution in [0.4, 0.5) is 5.82 Å². The monoisotopic (exact) mass is 449 g/mol. The molecule has 1 fully saturated rings. The molecule has 2 aliphatic rings. The lowest BCUT2D eigenvalue weighted by molar-refractivity contribution is -0.133. The first kappa shape index (κ1) is 23.4.